The van der Waals surface area contributed by atoms with E-state index >= 15 is 0 Å². The Morgan fingerprint density at radius 1 is 1.56 bits per heavy atom. The molecule has 0 aliphatic carbocycles. The number of carboxylic acid groups (broad SMARTS) is 1. The van der Waals surface area contributed by atoms with Crippen molar-refractivity contribution in [2.24, 2.45) is 13.0 Å². The smallest absolute Gasteiger partial charge is 0.304 e. The maximum absolute atomic E-state index is 12.0. The van der Waals surface area contributed by atoms with Crippen molar-refractivity contribution in [2.75, 3.05) is 0 Å². The van der Waals surface area contributed by atoms with Gasteiger partial charge in [0, 0.05) is 19.3 Å². The number of rotatable bonds is 6. The number of aromatic nitrogens is 2. The predicted molar refractivity (Wildman–Crippen MR) is 64.4 cm³/mol. The minimum Gasteiger partial charge on any atom is -0.481 e. The van der Waals surface area contributed by atoms with Crippen LogP contribution in [0, 0.1) is 5.92 Å². The molecule has 7 nitrogen and oxygen atoms in total. The van der Waals surface area contributed by atoms with Crippen LogP contribution >= 0.6 is 0 Å². The lowest BCUT2D eigenvalue weighted by atomic mass is 10.0. The number of hydrogen-bond donors (Lipinski definition) is 2. The van der Waals surface area contributed by atoms with Crippen LogP contribution < -0.4 is 4.72 Å². The van der Waals surface area contributed by atoms with Crippen molar-refractivity contribution in [1.29, 1.82) is 0 Å². The lowest BCUT2D eigenvalue weighted by molar-refractivity contribution is -0.137. The third kappa shape index (κ3) is 3.81. The van der Waals surface area contributed by atoms with Crippen molar-refractivity contribution in [2.45, 2.75) is 31.3 Å². The summed E-state index contributed by atoms with van der Waals surface area (Å²) in [4.78, 5) is 14.4. The van der Waals surface area contributed by atoms with Crippen molar-refractivity contribution in [3.05, 3.63) is 12.5 Å². The quantitative estimate of drug-likeness (QED) is 0.772. The number of imidazole rings is 1. The average molecular weight is 275 g/mol. The van der Waals surface area contributed by atoms with E-state index in [0.717, 1.165) is 0 Å². The first-order chi connectivity index (χ1) is 8.22. The molecule has 0 fully saturated rings. The number of hydrogen-bond acceptors (Lipinski definition) is 4. The molecule has 0 amide bonds. The van der Waals surface area contributed by atoms with Crippen LogP contribution in [-0.2, 0) is 21.9 Å². The van der Waals surface area contributed by atoms with Gasteiger partial charge in [0.15, 0.2) is 5.03 Å². The Balaban J connectivity index is 2.89. The van der Waals surface area contributed by atoms with Crippen molar-refractivity contribution in [3.63, 3.8) is 0 Å². The third-order valence-corrected chi connectivity index (χ3v) is 3.84. The minimum absolute atomic E-state index is 0.110. The number of aliphatic carboxylic acids is 1. The SMILES string of the molecule is CC(C)C(CC(=O)O)NS(=O)(=O)c1cn(C)cn1. The summed E-state index contributed by atoms with van der Waals surface area (Å²) >= 11 is 0. The molecule has 1 unspecified atom stereocenters. The second kappa shape index (κ2) is 5.49. The van der Waals surface area contributed by atoms with E-state index in [1.54, 1.807) is 20.9 Å². The number of sulfonamides is 1. The van der Waals surface area contributed by atoms with E-state index in [1.165, 1.54) is 17.1 Å². The largest absolute Gasteiger partial charge is 0.481 e. The predicted octanol–water partition coefficient (Wildman–Crippen LogP) is 0.198. The van der Waals surface area contributed by atoms with Crippen LogP contribution in [0.15, 0.2) is 17.6 Å². The van der Waals surface area contributed by atoms with Crippen LogP contribution in [0.3, 0.4) is 0 Å². The Labute approximate surface area is 106 Å². The van der Waals surface area contributed by atoms with Crippen molar-refractivity contribution in [3.8, 4) is 0 Å². The molecule has 0 aromatic carbocycles. The summed E-state index contributed by atoms with van der Waals surface area (Å²) in [6, 6.07) is -0.658. The van der Waals surface area contributed by atoms with Gasteiger partial charge in [-0.25, -0.2) is 18.1 Å². The van der Waals surface area contributed by atoms with Crippen LogP contribution in [0.2, 0.25) is 0 Å². The number of nitrogens with one attached hydrogen (secondary N) is 1. The molecule has 8 heteroatoms. The summed E-state index contributed by atoms with van der Waals surface area (Å²) in [5.74, 6) is -1.17. The maximum atomic E-state index is 12.0. The van der Waals surface area contributed by atoms with Crippen molar-refractivity contribution >= 4 is 16.0 Å². The molecule has 0 aliphatic rings. The molecular weight excluding hydrogens is 258 g/mol. The molecule has 1 heterocycles. The zero-order valence-corrected chi connectivity index (χ0v) is 11.3. The van der Waals surface area contributed by atoms with Crippen LogP contribution in [0.25, 0.3) is 0 Å². The first kappa shape index (κ1) is 14.7. The van der Waals surface area contributed by atoms with Gasteiger partial charge in [0.05, 0.1) is 12.7 Å². The lowest BCUT2D eigenvalue weighted by Gasteiger charge is -2.19. The summed E-state index contributed by atoms with van der Waals surface area (Å²) in [6.07, 6.45) is 2.47. The van der Waals surface area contributed by atoms with Crippen molar-refractivity contribution < 1.29 is 18.3 Å². The van der Waals surface area contributed by atoms with Crippen LogP contribution in [-0.4, -0.2) is 35.1 Å². The van der Waals surface area contributed by atoms with Gasteiger partial charge in [0.1, 0.15) is 0 Å². The summed E-state index contributed by atoms with van der Waals surface area (Å²) in [6.45, 7) is 3.52. The molecular formula is C10H17N3O4S. The zero-order valence-electron chi connectivity index (χ0n) is 10.5. The highest BCUT2D eigenvalue weighted by molar-refractivity contribution is 7.89. The molecule has 0 aliphatic heterocycles. The number of nitrogens with zero attached hydrogens (tertiary/aromatic N) is 2. The molecule has 1 aromatic rings. The number of carboxylic acids is 1. The molecule has 18 heavy (non-hydrogen) atoms. The Bertz CT molecular complexity index is 521. The topological polar surface area (TPSA) is 101 Å². The van der Waals surface area contributed by atoms with Gasteiger partial charge in [0.25, 0.3) is 10.0 Å². The standard InChI is InChI=1S/C10H17N3O4S/c1-7(2)8(4-10(14)15)12-18(16,17)9-5-13(3)6-11-9/h5-8,12H,4H2,1-3H3,(H,14,15). The molecule has 0 bridgehead atoms. The summed E-state index contributed by atoms with van der Waals surface area (Å²) in [5, 5.41) is 8.64. The number of aryl methyl sites for hydroxylation is 1. The van der Waals surface area contributed by atoms with Crippen LogP contribution in [0.1, 0.15) is 20.3 Å². The van der Waals surface area contributed by atoms with Gasteiger partial charge in [-0.3, -0.25) is 4.79 Å². The zero-order chi connectivity index (χ0) is 13.9. The van der Waals surface area contributed by atoms with E-state index in [2.05, 4.69) is 9.71 Å². The molecule has 2 N–H and O–H groups in total. The number of carbonyl (C=O) groups is 1. The van der Waals surface area contributed by atoms with Crippen LogP contribution in [0.4, 0.5) is 0 Å². The molecule has 0 radical (unpaired) electrons. The normalized spacial score (nSPS) is 13.8. The highest BCUT2D eigenvalue weighted by atomic mass is 32.2. The Hall–Kier alpha value is -1.41. The molecule has 102 valence electrons. The van der Waals surface area contributed by atoms with E-state index < -0.39 is 22.0 Å². The van der Waals surface area contributed by atoms with E-state index in [9.17, 15) is 13.2 Å². The average Bonchev–Trinajstić information content (AvgIpc) is 2.63. The minimum atomic E-state index is -3.77. The van der Waals surface area contributed by atoms with Gasteiger partial charge in [-0.05, 0) is 5.92 Å². The molecule has 1 atom stereocenters. The first-order valence-electron chi connectivity index (χ1n) is 5.44. The fourth-order valence-corrected chi connectivity index (χ4v) is 2.75. The second-order valence-corrected chi connectivity index (χ2v) is 6.11. The van der Waals surface area contributed by atoms with Gasteiger partial charge in [-0.1, -0.05) is 13.8 Å². The van der Waals surface area contributed by atoms with E-state index in [0.29, 0.717) is 0 Å². The second-order valence-electron chi connectivity index (χ2n) is 4.45. The van der Waals surface area contributed by atoms with E-state index in [1.807, 2.05) is 0 Å². The summed E-state index contributed by atoms with van der Waals surface area (Å²) < 4.78 is 27.8. The lowest BCUT2D eigenvalue weighted by Crippen LogP contribution is -2.40. The maximum Gasteiger partial charge on any atom is 0.304 e. The highest BCUT2D eigenvalue weighted by Gasteiger charge is 2.25. The summed E-state index contributed by atoms with van der Waals surface area (Å²) in [5.41, 5.74) is 0. The van der Waals surface area contributed by atoms with Gasteiger partial charge in [0.2, 0.25) is 0 Å². The fraction of sp³-hybridized carbons (Fsp3) is 0.600. The molecule has 0 saturated carbocycles. The highest BCUT2D eigenvalue weighted by Crippen LogP contribution is 2.11. The summed E-state index contributed by atoms with van der Waals surface area (Å²) in [7, 11) is -2.12. The molecule has 0 spiro atoms. The van der Waals surface area contributed by atoms with E-state index in [4.69, 9.17) is 5.11 Å². The molecule has 1 aromatic heterocycles. The monoisotopic (exact) mass is 275 g/mol. The van der Waals surface area contributed by atoms with Gasteiger partial charge >= 0.3 is 5.97 Å². The molecule has 1 rings (SSSR count). The van der Waals surface area contributed by atoms with Gasteiger partial charge < -0.3 is 9.67 Å². The Morgan fingerprint density at radius 3 is 2.56 bits per heavy atom. The Morgan fingerprint density at radius 2 is 2.17 bits per heavy atom. The van der Waals surface area contributed by atoms with Crippen molar-refractivity contribution in [1.82, 2.24) is 14.3 Å². The molecule has 0 saturated heterocycles. The Kier molecular flexibility index (Phi) is 4.47. The van der Waals surface area contributed by atoms with E-state index in [-0.39, 0.29) is 17.4 Å². The van der Waals surface area contributed by atoms with Crippen LogP contribution in [0.5, 0.6) is 0 Å². The van der Waals surface area contributed by atoms with Gasteiger partial charge in [-0.15, -0.1) is 0 Å². The first-order valence-corrected chi connectivity index (χ1v) is 6.93. The fourth-order valence-electron chi connectivity index (χ4n) is 1.39. The van der Waals surface area contributed by atoms with Gasteiger partial charge in [-0.2, -0.15) is 0 Å². The third-order valence-electron chi connectivity index (χ3n) is 2.46.